The van der Waals surface area contributed by atoms with Gasteiger partial charge in [0, 0.05) is 6.54 Å². The maximum Gasteiger partial charge on any atom is 0.196 e. The van der Waals surface area contributed by atoms with E-state index in [4.69, 9.17) is 4.74 Å². The highest BCUT2D eigenvalue weighted by Gasteiger charge is 2.12. The minimum atomic E-state index is -1.48. The Balaban J connectivity index is 1.84. The van der Waals surface area contributed by atoms with E-state index in [2.05, 4.69) is 5.32 Å². The van der Waals surface area contributed by atoms with Crippen LogP contribution in [0.1, 0.15) is 5.56 Å². The molecule has 1 N–H and O–H groups in total. The van der Waals surface area contributed by atoms with Crippen molar-refractivity contribution >= 4 is 5.69 Å². The largest absolute Gasteiger partial charge is 0.492 e. The number of nitrogens with one attached hydrogen (secondary N) is 1. The Labute approximate surface area is 115 Å². The maximum atomic E-state index is 13.3. The normalized spacial score (nSPS) is 10.4. The number of rotatable bonds is 5. The number of hydrogen-bond acceptors (Lipinski definition) is 2. The summed E-state index contributed by atoms with van der Waals surface area (Å²) in [6.45, 7) is 2.52. The third-order valence-corrected chi connectivity index (χ3v) is 2.74. The molecule has 2 aromatic rings. The summed E-state index contributed by atoms with van der Waals surface area (Å²) in [5.74, 6) is -3.21. The van der Waals surface area contributed by atoms with E-state index in [1.807, 2.05) is 31.2 Å². The van der Waals surface area contributed by atoms with Gasteiger partial charge >= 0.3 is 0 Å². The maximum absolute atomic E-state index is 13.3. The molecular formula is C15H14F3NO. The van der Waals surface area contributed by atoms with Gasteiger partial charge in [-0.1, -0.05) is 17.7 Å². The molecular weight excluding hydrogens is 267 g/mol. The van der Waals surface area contributed by atoms with Crippen molar-refractivity contribution in [1.82, 2.24) is 0 Å². The quantitative estimate of drug-likeness (QED) is 0.663. The average molecular weight is 281 g/mol. The number of hydrogen-bond donors (Lipinski definition) is 1. The number of benzene rings is 2. The molecule has 0 aromatic heterocycles. The molecule has 0 radical (unpaired) electrons. The second kappa shape index (κ2) is 6.32. The molecule has 0 aliphatic rings. The first-order valence-corrected chi connectivity index (χ1v) is 6.15. The zero-order chi connectivity index (χ0) is 14.5. The van der Waals surface area contributed by atoms with Crippen LogP contribution in [-0.4, -0.2) is 13.2 Å². The predicted molar refractivity (Wildman–Crippen MR) is 71.5 cm³/mol. The Morgan fingerprint density at radius 2 is 1.65 bits per heavy atom. The summed E-state index contributed by atoms with van der Waals surface area (Å²) < 4.78 is 44.5. The summed E-state index contributed by atoms with van der Waals surface area (Å²) in [7, 11) is 0. The molecule has 0 amide bonds. The minimum absolute atomic E-state index is 0.0867. The molecule has 5 heteroatoms. The molecule has 0 atom stereocenters. The lowest BCUT2D eigenvalue weighted by atomic mass is 10.2. The van der Waals surface area contributed by atoms with Crippen molar-refractivity contribution in [3.63, 3.8) is 0 Å². The van der Waals surface area contributed by atoms with Crippen LogP contribution in [0.3, 0.4) is 0 Å². The molecule has 0 saturated heterocycles. The minimum Gasteiger partial charge on any atom is -0.492 e. The monoisotopic (exact) mass is 281 g/mol. The van der Waals surface area contributed by atoms with Gasteiger partial charge in [0.1, 0.15) is 12.4 Å². The van der Waals surface area contributed by atoms with Crippen LogP contribution in [0.5, 0.6) is 5.75 Å². The number of aryl methyl sites for hydroxylation is 1. The van der Waals surface area contributed by atoms with Gasteiger partial charge < -0.3 is 10.1 Å². The summed E-state index contributed by atoms with van der Waals surface area (Å²) in [5, 5.41) is 2.66. The molecule has 20 heavy (non-hydrogen) atoms. The Morgan fingerprint density at radius 3 is 2.35 bits per heavy atom. The highest BCUT2D eigenvalue weighted by Crippen LogP contribution is 2.19. The Morgan fingerprint density at radius 1 is 0.950 bits per heavy atom. The molecule has 0 aliphatic heterocycles. The molecule has 0 aliphatic carbocycles. The molecule has 0 fully saturated rings. The fraction of sp³-hybridized carbons (Fsp3) is 0.200. The lowest BCUT2D eigenvalue weighted by molar-refractivity contribution is 0.332. The average Bonchev–Trinajstić information content (AvgIpc) is 2.45. The third-order valence-electron chi connectivity index (χ3n) is 2.74. The SMILES string of the molecule is Cc1ccc(OCCNc2ccc(F)c(F)c2F)cc1. The van der Waals surface area contributed by atoms with Crippen molar-refractivity contribution in [2.45, 2.75) is 6.92 Å². The smallest absolute Gasteiger partial charge is 0.196 e. The van der Waals surface area contributed by atoms with Crippen molar-refractivity contribution in [2.75, 3.05) is 18.5 Å². The van der Waals surface area contributed by atoms with Gasteiger partial charge in [-0.15, -0.1) is 0 Å². The zero-order valence-corrected chi connectivity index (χ0v) is 10.9. The van der Waals surface area contributed by atoms with Crippen molar-refractivity contribution < 1.29 is 17.9 Å². The first kappa shape index (κ1) is 14.2. The molecule has 2 nitrogen and oxygen atoms in total. The van der Waals surface area contributed by atoms with Gasteiger partial charge in [0.05, 0.1) is 5.69 Å². The second-order valence-electron chi connectivity index (χ2n) is 4.31. The van der Waals surface area contributed by atoms with E-state index >= 15 is 0 Å². The fourth-order valence-electron chi connectivity index (χ4n) is 1.65. The topological polar surface area (TPSA) is 21.3 Å². The van der Waals surface area contributed by atoms with Crippen LogP contribution < -0.4 is 10.1 Å². The molecule has 2 rings (SSSR count). The van der Waals surface area contributed by atoms with E-state index in [1.165, 1.54) is 0 Å². The molecule has 2 aromatic carbocycles. The summed E-state index contributed by atoms with van der Waals surface area (Å²) in [6, 6.07) is 9.51. The van der Waals surface area contributed by atoms with Crippen molar-refractivity contribution in [3.05, 3.63) is 59.4 Å². The van der Waals surface area contributed by atoms with Gasteiger partial charge in [0.15, 0.2) is 17.5 Å². The van der Waals surface area contributed by atoms with E-state index in [0.717, 1.165) is 17.7 Å². The Kier molecular flexibility index (Phi) is 4.50. The highest BCUT2D eigenvalue weighted by atomic mass is 19.2. The van der Waals surface area contributed by atoms with Crippen molar-refractivity contribution in [1.29, 1.82) is 0 Å². The first-order valence-electron chi connectivity index (χ1n) is 6.15. The Hall–Kier alpha value is -2.17. The van der Waals surface area contributed by atoms with Gasteiger partial charge in [0.25, 0.3) is 0 Å². The molecule has 0 bridgehead atoms. The molecule has 106 valence electrons. The van der Waals surface area contributed by atoms with Crippen LogP contribution in [0.4, 0.5) is 18.9 Å². The van der Waals surface area contributed by atoms with E-state index in [-0.39, 0.29) is 18.8 Å². The van der Waals surface area contributed by atoms with E-state index < -0.39 is 17.5 Å². The van der Waals surface area contributed by atoms with E-state index in [1.54, 1.807) is 0 Å². The van der Waals surface area contributed by atoms with Gasteiger partial charge in [-0.2, -0.15) is 0 Å². The Bertz CT molecular complexity index is 584. The predicted octanol–water partition coefficient (Wildman–Crippen LogP) is 3.90. The number of ether oxygens (including phenoxy) is 1. The summed E-state index contributed by atoms with van der Waals surface area (Å²) >= 11 is 0. The number of halogens is 3. The second-order valence-corrected chi connectivity index (χ2v) is 4.31. The van der Waals surface area contributed by atoms with E-state index in [0.29, 0.717) is 5.75 Å². The fourth-order valence-corrected chi connectivity index (χ4v) is 1.65. The van der Waals surface area contributed by atoms with Gasteiger partial charge in [-0.05, 0) is 31.2 Å². The van der Waals surface area contributed by atoms with Crippen molar-refractivity contribution in [2.24, 2.45) is 0 Å². The zero-order valence-electron chi connectivity index (χ0n) is 10.9. The summed E-state index contributed by atoms with van der Waals surface area (Å²) in [5.41, 5.74) is 1.04. The van der Waals surface area contributed by atoms with Crippen LogP contribution in [0.15, 0.2) is 36.4 Å². The number of anilines is 1. The van der Waals surface area contributed by atoms with Gasteiger partial charge in [-0.25, -0.2) is 13.2 Å². The summed E-state index contributed by atoms with van der Waals surface area (Å²) in [4.78, 5) is 0. The molecule has 0 unspecified atom stereocenters. The lowest BCUT2D eigenvalue weighted by Gasteiger charge is -2.10. The van der Waals surface area contributed by atoms with Crippen LogP contribution in [0.2, 0.25) is 0 Å². The highest BCUT2D eigenvalue weighted by molar-refractivity contribution is 5.45. The van der Waals surface area contributed by atoms with Gasteiger partial charge in [-0.3, -0.25) is 0 Å². The van der Waals surface area contributed by atoms with Crippen LogP contribution >= 0.6 is 0 Å². The summed E-state index contributed by atoms with van der Waals surface area (Å²) in [6.07, 6.45) is 0. The van der Waals surface area contributed by atoms with E-state index in [9.17, 15) is 13.2 Å². The first-order chi connectivity index (χ1) is 9.58. The van der Waals surface area contributed by atoms with Crippen LogP contribution in [-0.2, 0) is 0 Å². The van der Waals surface area contributed by atoms with Gasteiger partial charge in [0.2, 0.25) is 0 Å². The lowest BCUT2D eigenvalue weighted by Crippen LogP contribution is -2.13. The molecule has 0 heterocycles. The molecule has 0 spiro atoms. The third kappa shape index (κ3) is 3.44. The van der Waals surface area contributed by atoms with Crippen molar-refractivity contribution in [3.8, 4) is 5.75 Å². The van der Waals surface area contributed by atoms with Crippen LogP contribution in [0, 0.1) is 24.4 Å². The van der Waals surface area contributed by atoms with Crippen LogP contribution in [0.25, 0.3) is 0 Å². The standard InChI is InChI=1S/C15H14F3NO/c1-10-2-4-11(5-3-10)20-9-8-19-13-7-6-12(16)14(17)15(13)18/h2-7,19H,8-9H2,1H3. The molecule has 0 saturated carbocycles.